The quantitative estimate of drug-likeness (QED) is 0.847. The van der Waals surface area contributed by atoms with Crippen LogP contribution in [0.4, 0.5) is 11.4 Å². The minimum absolute atomic E-state index is 0.0590. The SMILES string of the molecule is COc1ccc(N2N=CC3CCN(c4ccc(C(C)(C)CO)cc4)C(=O)C32)cc1. The zero-order valence-electron chi connectivity index (χ0n) is 17.1. The third-order valence-electron chi connectivity index (χ3n) is 5.95. The number of hydrogen-bond donors (Lipinski definition) is 1. The van der Waals surface area contributed by atoms with Crippen molar-refractivity contribution in [3.05, 3.63) is 54.1 Å². The Morgan fingerprint density at radius 3 is 2.38 bits per heavy atom. The normalized spacial score (nSPS) is 21.4. The maximum absolute atomic E-state index is 13.4. The van der Waals surface area contributed by atoms with Gasteiger partial charge in [-0.2, -0.15) is 5.10 Å². The number of carbonyl (C=O) groups excluding carboxylic acids is 1. The number of rotatable bonds is 5. The lowest BCUT2D eigenvalue weighted by Gasteiger charge is -2.37. The van der Waals surface area contributed by atoms with Crippen molar-refractivity contribution in [2.75, 3.05) is 30.2 Å². The number of fused-ring (bicyclic) bond motifs is 1. The van der Waals surface area contributed by atoms with Crippen LogP contribution in [0.2, 0.25) is 0 Å². The molecule has 2 aromatic rings. The molecule has 0 radical (unpaired) electrons. The van der Waals surface area contributed by atoms with Crippen molar-refractivity contribution in [1.29, 1.82) is 0 Å². The molecule has 2 heterocycles. The molecule has 2 aliphatic rings. The number of anilines is 2. The monoisotopic (exact) mass is 393 g/mol. The fourth-order valence-electron chi connectivity index (χ4n) is 3.96. The van der Waals surface area contributed by atoms with E-state index in [1.807, 2.05) is 78.5 Å². The van der Waals surface area contributed by atoms with Gasteiger partial charge in [-0.05, 0) is 48.4 Å². The number of nitrogens with zero attached hydrogens (tertiary/aromatic N) is 3. The van der Waals surface area contributed by atoms with Crippen LogP contribution in [0, 0.1) is 5.92 Å². The van der Waals surface area contributed by atoms with E-state index in [9.17, 15) is 9.90 Å². The molecular formula is C23H27N3O3. The van der Waals surface area contributed by atoms with E-state index in [1.54, 1.807) is 7.11 Å². The largest absolute Gasteiger partial charge is 0.497 e. The van der Waals surface area contributed by atoms with E-state index >= 15 is 0 Å². The summed E-state index contributed by atoms with van der Waals surface area (Å²) in [6.07, 6.45) is 2.77. The second kappa shape index (κ2) is 7.52. The molecular weight excluding hydrogens is 366 g/mol. The van der Waals surface area contributed by atoms with E-state index in [2.05, 4.69) is 5.10 Å². The highest BCUT2D eigenvalue weighted by Crippen LogP contribution is 2.35. The average molecular weight is 393 g/mol. The van der Waals surface area contributed by atoms with Crippen LogP contribution in [-0.2, 0) is 10.2 Å². The number of methoxy groups -OCH3 is 1. The fraction of sp³-hybridized carbons (Fsp3) is 0.391. The first kappa shape index (κ1) is 19.5. The summed E-state index contributed by atoms with van der Waals surface area (Å²) < 4.78 is 5.23. The Morgan fingerprint density at radius 1 is 1.10 bits per heavy atom. The summed E-state index contributed by atoms with van der Waals surface area (Å²) in [6.45, 7) is 4.75. The van der Waals surface area contributed by atoms with Crippen molar-refractivity contribution >= 4 is 23.5 Å². The molecule has 6 heteroatoms. The van der Waals surface area contributed by atoms with Crippen molar-refractivity contribution in [3.63, 3.8) is 0 Å². The van der Waals surface area contributed by atoms with Crippen LogP contribution in [0.3, 0.4) is 0 Å². The summed E-state index contributed by atoms with van der Waals surface area (Å²) in [5.74, 6) is 0.952. The summed E-state index contributed by atoms with van der Waals surface area (Å²) >= 11 is 0. The molecule has 2 aliphatic heterocycles. The number of ether oxygens (including phenoxy) is 1. The molecule has 1 amide bonds. The standard InChI is InChI=1S/C23H27N3O3/c1-23(2,15-27)17-4-6-18(7-5-17)25-13-12-16-14-24-26(21(16)22(25)28)19-8-10-20(29-3)11-9-19/h4-11,14,16,21,27H,12-13,15H2,1-3H3. The van der Waals surface area contributed by atoms with Crippen LogP contribution < -0.4 is 14.6 Å². The Balaban J connectivity index is 1.57. The molecule has 0 spiro atoms. The maximum Gasteiger partial charge on any atom is 0.252 e. The van der Waals surface area contributed by atoms with E-state index in [0.717, 1.165) is 29.1 Å². The third kappa shape index (κ3) is 3.49. The van der Waals surface area contributed by atoms with Gasteiger partial charge in [-0.15, -0.1) is 0 Å². The molecule has 29 heavy (non-hydrogen) atoms. The zero-order valence-corrected chi connectivity index (χ0v) is 17.1. The second-order valence-corrected chi connectivity index (χ2v) is 8.28. The number of aliphatic hydroxyl groups excluding tert-OH is 1. The van der Waals surface area contributed by atoms with E-state index < -0.39 is 0 Å². The van der Waals surface area contributed by atoms with Crippen LogP contribution in [0.5, 0.6) is 5.75 Å². The van der Waals surface area contributed by atoms with Crippen molar-refractivity contribution in [2.24, 2.45) is 11.0 Å². The Hall–Kier alpha value is -2.86. The minimum Gasteiger partial charge on any atom is -0.497 e. The van der Waals surface area contributed by atoms with Crippen LogP contribution in [0.15, 0.2) is 53.6 Å². The number of hydrogen-bond acceptors (Lipinski definition) is 5. The molecule has 0 aromatic heterocycles. The highest BCUT2D eigenvalue weighted by molar-refractivity contribution is 6.03. The highest BCUT2D eigenvalue weighted by Gasteiger charge is 2.43. The van der Waals surface area contributed by atoms with Gasteiger partial charge >= 0.3 is 0 Å². The highest BCUT2D eigenvalue weighted by atomic mass is 16.5. The van der Waals surface area contributed by atoms with Crippen LogP contribution in [0.25, 0.3) is 0 Å². The van der Waals surface area contributed by atoms with Gasteiger partial charge in [0.1, 0.15) is 11.8 Å². The van der Waals surface area contributed by atoms with Crippen molar-refractivity contribution < 1.29 is 14.6 Å². The zero-order chi connectivity index (χ0) is 20.6. The van der Waals surface area contributed by atoms with E-state index in [0.29, 0.717) is 6.54 Å². The molecule has 4 rings (SSSR count). The summed E-state index contributed by atoms with van der Waals surface area (Å²) in [7, 11) is 1.63. The Morgan fingerprint density at radius 2 is 1.76 bits per heavy atom. The lowest BCUT2D eigenvalue weighted by Crippen LogP contribution is -2.53. The second-order valence-electron chi connectivity index (χ2n) is 8.28. The Bertz CT molecular complexity index is 906. The molecule has 0 saturated carbocycles. The number of aliphatic hydroxyl groups is 1. The van der Waals surface area contributed by atoms with Gasteiger partial charge in [0, 0.05) is 29.8 Å². The summed E-state index contributed by atoms with van der Waals surface area (Å²) in [5.41, 5.74) is 2.51. The molecule has 0 aliphatic carbocycles. The van der Waals surface area contributed by atoms with Gasteiger partial charge in [0.2, 0.25) is 0 Å². The molecule has 1 saturated heterocycles. The molecule has 6 nitrogen and oxygen atoms in total. The first-order valence-electron chi connectivity index (χ1n) is 9.95. The van der Waals surface area contributed by atoms with Gasteiger partial charge in [-0.3, -0.25) is 9.80 Å². The molecule has 2 unspecified atom stereocenters. The van der Waals surface area contributed by atoms with Gasteiger partial charge in [0.05, 0.1) is 19.4 Å². The Labute approximate surface area is 171 Å². The molecule has 0 bridgehead atoms. The van der Waals surface area contributed by atoms with E-state index in [4.69, 9.17) is 4.74 Å². The average Bonchev–Trinajstić information content (AvgIpc) is 3.19. The molecule has 2 aromatic carbocycles. The molecule has 1 N–H and O–H groups in total. The summed E-state index contributed by atoms with van der Waals surface area (Å²) in [4.78, 5) is 15.2. The lowest BCUT2D eigenvalue weighted by molar-refractivity contribution is -0.121. The summed E-state index contributed by atoms with van der Waals surface area (Å²) in [6, 6.07) is 15.2. The van der Waals surface area contributed by atoms with Crippen LogP contribution in [-0.4, -0.2) is 43.5 Å². The number of carbonyl (C=O) groups is 1. The lowest BCUT2D eigenvalue weighted by atomic mass is 9.85. The topological polar surface area (TPSA) is 65.4 Å². The van der Waals surface area contributed by atoms with Crippen LogP contribution >= 0.6 is 0 Å². The van der Waals surface area contributed by atoms with Gasteiger partial charge in [0.15, 0.2) is 0 Å². The predicted molar refractivity (Wildman–Crippen MR) is 115 cm³/mol. The number of piperidine rings is 1. The number of hydrazone groups is 1. The minimum atomic E-state index is -0.328. The maximum atomic E-state index is 13.4. The van der Waals surface area contributed by atoms with Crippen LogP contribution in [0.1, 0.15) is 25.8 Å². The number of amides is 1. The van der Waals surface area contributed by atoms with Gasteiger partial charge in [-0.1, -0.05) is 26.0 Å². The van der Waals surface area contributed by atoms with E-state index in [-0.39, 0.29) is 29.9 Å². The van der Waals surface area contributed by atoms with Crippen molar-refractivity contribution in [3.8, 4) is 5.75 Å². The smallest absolute Gasteiger partial charge is 0.252 e. The summed E-state index contributed by atoms with van der Waals surface area (Å²) in [5, 5.41) is 15.9. The molecule has 152 valence electrons. The van der Waals surface area contributed by atoms with Gasteiger partial charge in [0.25, 0.3) is 5.91 Å². The predicted octanol–water partition coefficient (Wildman–Crippen LogP) is 3.19. The molecule has 1 fully saturated rings. The van der Waals surface area contributed by atoms with Gasteiger partial charge in [-0.25, -0.2) is 0 Å². The molecule has 2 atom stereocenters. The first-order chi connectivity index (χ1) is 13.9. The third-order valence-corrected chi connectivity index (χ3v) is 5.95. The first-order valence-corrected chi connectivity index (χ1v) is 9.95. The number of benzene rings is 2. The Kier molecular flexibility index (Phi) is 5.04. The fourth-order valence-corrected chi connectivity index (χ4v) is 3.96. The van der Waals surface area contributed by atoms with Crippen molar-refractivity contribution in [1.82, 2.24) is 0 Å². The van der Waals surface area contributed by atoms with Crippen molar-refractivity contribution in [2.45, 2.75) is 31.7 Å². The van der Waals surface area contributed by atoms with Gasteiger partial charge < -0.3 is 14.7 Å². The van der Waals surface area contributed by atoms with E-state index in [1.165, 1.54) is 0 Å².